The molecule has 152 valence electrons. The van der Waals surface area contributed by atoms with Crippen LogP contribution in [0.4, 0.5) is 0 Å². The number of hydrogen-bond acceptors (Lipinski definition) is 6. The summed E-state index contributed by atoms with van der Waals surface area (Å²) in [4.78, 5) is 7.15. The van der Waals surface area contributed by atoms with Gasteiger partial charge in [-0.2, -0.15) is 0 Å². The lowest BCUT2D eigenvalue weighted by molar-refractivity contribution is -0.00467. The number of β-amino-alcohol motifs (C(OH)–C–C–N with tert-alkyl or cyclic N) is 1. The van der Waals surface area contributed by atoms with Crippen molar-refractivity contribution in [2.24, 2.45) is 5.92 Å². The molecule has 2 aliphatic heterocycles. The van der Waals surface area contributed by atoms with E-state index in [1.165, 1.54) is 5.56 Å². The highest BCUT2D eigenvalue weighted by Gasteiger charge is 2.27. The highest BCUT2D eigenvalue weighted by atomic mass is 16.5. The van der Waals surface area contributed by atoms with E-state index in [1.54, 1.807) is 0 Å². The Balaban J connectivity index is 1.43. The molecule has 2 saturated heterocycles. The fourth-order valence-electron chi connectivity index (χ4n) is 3.96. The van der Waals surface area contributed by atoms with E-state index in [2.05, 4.69) is 27.8 Å². The van der Waals surface area contributed by atoms with E-state index in [0.717, 1.165) is 71.0 Å². The first-order chi connectivity index (χ1) is 13.2. The Labute approximate surface area is 163 Å². The molecule has 2 aliphatic rings. The second-order valence-corrected chi connectivity index (χ2v) is 7.99. The topological polar surface area (TPSA) is 59.4 Å². The Bertz CT molecular complexity index is 563. The first-order valence-electron chi connectivity index (χ1n) is 10.3. The maximum Gasteiger partial charge on any atom is 0.123 e. The minimum atomic E-state index is -0.444. The summed E-state index contributed by atoms with van der Waals surface area (Å²) in [5, 5.41) is 19.5. The fraction of sp³-hybridized carbons (Fsp3) is 0.714. The quantitative estimate of drug-likeness (QED) is 0.656. The minimum Gasteiger partial charge on any atom is -0.493 e. The van der Waals surface area contributed by atoms with E-state index in [9.17, 15) is 10.2 Å². The normalized spacial score (nSPS) is 25.6. The maximum absolute atomic E-state index is 10.2. The van der Waals surface area contributed by atoms with Gasteiger partial charge >= 0.3 is 0 Å². The summed E-state index contributed by atoms with van der Waals surface area (Å²) in [6.07, 6.45) is 1.44. The number of likely N-dealkylation sites (tertiary alicyclic amines) is 1. The Morgan fingerprint density at radius 2 is 1.85 bits per heavy atom. The number of likely N-dealkylation sites (N-methyl/N-ethyl adjacent to an activating group) is 1. The molecule has 3 rings (SSSR count). The lowest BCUT2D eigenvalue weighted by atomic mass is 9.94. The molecule has 1 aromatic rings. The Morgan fingerprint density at radius 3 is 2.59 bits per heavy atom. The van der Waals surface area contributed by atoms with Gasteiger partial charge in [-0.15, -0.1) is 0 Å². The Kier molecular flexibility index (Phi) is 7.91. The van der Waals surface area contributed by atoms with Crippen LogP contribution in [0.1, 0.15) is 18.4 Å². The number of aliphatic hydroxyl groups excluding tert-OH is 2. The molecule has 2 fully saturated rings. The average Bonchev–Trinajstić information content (AvgIpc) is 2.68. The molecule has 2 N–H and O–H groups in total. The monoisotopic (exact) mass is 377 g/mol. The predicted octanol–water partition coefficient (Wildman–Crippen LogP) is 0.878. The number of nitrogens with zero attached hydrogens (tertiary/aromatic N) is 3. The molecule has 6 nitrogen and oxygen atoms in total. The molecule has 0 saturated carbocycles. The zero-order valence-electron chi connectivity index (χ0n) is 16.6. The van der Waals surface area contributed by atoms with Gasteiger partial charge in [0.1, 0.15) is 5.75 Å². The summed E-state index contributed by atoms with van der Waals surface area (Å²) in [5.41, 5.74) is 1.17. The number of aliphatic hydroxyl groups is 2. The second-order valence-electron chi connectivity index (χ2n) is 7.99. The third-order valence-corrected chi connectivity index (χ3v) is 5.88. The molecule has 27 heavy (non-hydrogen) atoms. The van der Waals surface area contributed by atoms with Crippen LogP contribution in [0.3, 0.4) is 0 Å². The number of piperidine rings is 1. The number of para-hydroxylation sites is 1. The van der Waals surface area contributed by atoms with Gasteiger partial charge in [-0.3, -0.25) is 4.90 Å². The van der Waals surface area contributed by atoms with Crippen molar-refractivity contribution < 1.29 is 14.9 Å². The lowest BCUT2D eigenvalue weighted by Crippen LogP contribution is -2.44. The van der Waals surface area contributed by atoms with Crippen molar-refractivity contribution in [3.63, 3.8) is 0 Å². The van der Waals surface area contributed by atoms with Crippen LogP contribution in [-0.4, -0.2) is 97.1 Å². The molecule has 0 aliphatic carbocycles. The third kappa shape index (κ3) is 6.16. The van der Waals surface area contributed by atoms with E-state index in [1.807, 2.05) is 18.2 Å². The highest BCUT2D eigenvalue weighted by Crippen LogP contribution is 2.24. The van der Waals surface area contributed by atoms with Gasteiger partial charge in [0.25, 0.3) is 0 Å². The number of rotatable bonds is 8. The summed E-state index contributed by atoms with van der Waals surface area (Å²) in [6, 6.07) is 8.22. The fourth-order valence-corrected chi connectivity index (χ4v) is 3.96. The van der Waals surface area contributed by atoms with Crippen LogP contribution >= 0.6 is 0 Å². The third-order valence-electron chi connectivity index (χ3n) is 5.88. The highest BCUT2D eigenvalue weighted by molar-refractivity contribution is 5.33. The van der Waals surface area contributed by atoms with Crippen molar-refractivity contribution in [3.8, 4) is 5.75 Å². The molecule has 6 heteroatoms. The minimum absolute atomic E-state index is 0.0160. The standard InChI is InChI=1S/C21H35N3O3/c1-22-10-12-23(13-11-22)8-4-14-27-21-6-3-2-5-18(21)15-24-9-7-19(17-25)20(26)16-24/h2-3,5-6,19-20,25-26H,4,7-17H2,1H3/t19-,20-/m1/s1. The summed E-state index contributed by atoms with van der Waals surface area (Å²) >= 11 is 0. The van der Waals surface area contributed by atoms with Crippen molar-refractivity contribution in [1.29, 1.82) is 0 Å². The van der Waals surface area contributed by atoms with Gasteiger partial charge in [-0.1, -0.05) is 18.2 Å². The molecule has 2 atom stereocenters. The van der Waals surface area contributed by atoms with E-state index in [-0.39, 0.29) is 12.5 Å². The van der Waals surface area contributed by atoms with Crippen LogP contribution in [0.2, 0.25) is 0 Å². The van der Waals surface area contributed by atoms with Gasteiger partial charge in [0, 0.05) is 63.9 Å². The van der Waals surface area contributed by atoms with Crippen molar-refractivity contribution in [1.82, 2.24) is 14.7 Å². The SMILES string of the molecule is CN1CCN(CCCOc2ccccc2CN2CC[C@H](CO)[C@H](O)C2)CC1. The first-order valence-corrected chi connectivity index (χ1v) is 10.3. The maximum atomic E-state index is 10.2. The number of hydrogen-bond donors (Lipinski definition) is 2. The van der Waals surface area contributed by atoms with Gasteiger partial charge in [-0.05, 0) is 32.5 Å². The molecule has 0 amide bonds. The van der Waals surface area contributed by atoms with Crippen molar-refractivity contribution >= 4 is 0 Å². The van der Waals surface area contributed by atoms with Gasteiger partial charge in [0.2, 0.25) is 0 Å². The van der Waals surface area contributed by atoms with E-state index in [0.29, 0.717) is 6.54 Å². The summed E-state index contributed by atoms with van der Waals surface area (Å²) in [5.74, 6) is 0.969. The van der Waals surface area contributed by atoms with Crippen LogP contribution in [0, 0.1) is 5.92 Å². The number of benzene rings is 1. The molecular formula is C21H35N3O3. The van der Waals surface area contributed by atoms with Crippen LogP contribution in [0.5, 0.6) is 5.75 Å². The molecule has 0 spiro atoms. The van der Waals surface area contributed by atoms with Crippen LogP contribution in [0.25, 0.3) is 0 Å². The van der Waals surface area contributed by atoms with E-state index >= 15 is 0 Å². The van der Waals surface area contributed by atoms with Crippen LogP contribution < -0.4 is 4.74 Å². The van der Waals surface area contributed by atoms with Crippen molar-refractivity contribution in [3.05, 3.63) is 29.8 Å². The molecule has 0 bridgehead atoms. The molecular weight excluding hydrogens is 342 g/mol. The Morgan fingerprint density at radius 1 is 1.07 bits per heavy atom. The largest absolute Gasteiger partial charge is 0.493 e. The molecule has 2 heterocycles. The van der Waals surface area contributed by atoms with Gasteiger partial charge in [0.05, 0.1) is 12.7 Å². The molecule has 0 aromatic heterocycles. The molecule has 0 radical (unpaired) electrons. The van der Waals surface area contributed by atoms with Crippen molar-refractivity contribution in [2.45, 2.75) is 25.5 Å². The van der Waals surface area contributed by atoms with E-state index in [4.69, 9.17) is 4.74 Å². The predicted molar refractivity (Wildman–Crippen MR) is 107 cm³/mol. The zero-order chi connectivity index (χ0) is 19.1. The van der Waals surface area contributed by atoms with Gasteiger partial charge < -0.3 is 24.7 Å². The summed E-state index contributed by atoms with van der Waals surface area (Å²) in [6.45, 7) is 8.81. The molecule has 1 aromatic carbocycles. The lowest BCUT2D eigenvalue weighted by Gasteiger charge is -2.35. The van der Waals surface area contributed by atoms with Gasteiger partial charge in [-0.25, -0.2) is 0 Å². The average molecular weight is 378 g/mol. The van der Waals surface area contributed by atoms with Crippen molar-refractivity contribution in [2.75, 3.05) is 66.1 Å². The van der Waals surface area contributed by atoms with E-state index < -0.39 is 6.10 Å². The number of ether oxygens (including phenoxy) is 1. The summed E-state index contributed by atoms with van der Waals surface area (Å²) in [7, 11) is 2.18. The van der Waals surface area contributed by atoms with Crippen LogP contribution in [-0.2, 0) is 6.54 Å². The van der Waals surface area contributed by atoms with Crippen LogP contribution in [0.15, 0.2) is 24.3 Å². The zero-order valence-corrected chi connectivity index (χ0v) is 16.6. The number of piperazine rings is 1. The Hall–Kier alpha value is -1.18. The second kappa shape index (κ2) is 10.4. The summed E-state index contributed by atoms with van der Waals surface area (Å²) < 4.78 is 6.09. The smallest absolute Gasteiger partial charge is 0.123 e. The molecule has 0 unspecified atom stereocenters. The van der Waals surface area contributed by atoms with Gasteiger partial charge in [0.15, 0.2) is 0 Å². The first kappa shape index (κ1) is 20.6.